The summed E-state index contributed by atoms with van der Waals surface area (Å²) in [5, 5.41) is 6.29. The summed E-state index contributed by atoms with van der Waals surface area (Å²) in [6.07, 6.45) is 1.36. The molecule has 0 aliphatic rings. The highest BCUT2D eigenvalue weighted by Gasteiger charge is 2.14. The Hall–Kier alpha value is -3.55. The molecule has 2 N–H and O–H groups in total. The van der Waals surface area contributed by atoms with Crippen molar-refractivity contribution in [1.29, 1.82) is 0 Å². The Morgan fingerprint density at radius 3 is 2.19 bits per heavy atom. The Morgan fingerprint density at radius 1 is 0.963 bits per heavy atom. The molecule has 0 fully saturated rings. The second kappa shape index (κ2) is 9.23. The number of anilines is 1. The van der Waals surface area contributed by atoms with Gasteiger partial charge in [-0.15, -0.1) is 0 Å². The van der Waals surface area contributed by atoms with Crippen molar-refractivity contribution < 1.29 is 23.8 Å². The number of hydrogen-bond donors (Lipinski definition) is 2. The molecule has 0 heterocycles. The van der Waals surface area contributed by atoms with Crippen molar-refractivity contribution in [2.24, 2.45) is 5.10 Å². The van der Waals surface area contributed by atoms with Crippen LogP contribution in [-0.2, 0) is 9.59 Å². The van der Waals surface area contributed by atoms with Crippen molar-refractivity contribution in [2.45, 2.75) is 6.92 Å². The molecule has 0 saturated carbocycles. The van der Waals surface area contributed by atoms with Crippen LogP contribution in [0.25, 0.3) is 0 Å². The highest BCUT2D eigenvalue weighted by Crippen LogP contribution is 2.37. The van der Waals surface area contributed by atoms with Crippen LogP contribution >= 0.6 is 0 Å². The molecule has 0 aliphatic heterocycles. The van der Waals surface area contributed by atoms with Crippen molar-refractivity contribution in [3.63, 3.8) is 0 Å². The summed E-state index contributed by atoms with van der Waals surface area (Å²) >= 11 is 0. The van der Waals surface area contributed by atoms with Crippen LogP contribution in [0.2, 0.25) is 0 Å². The highest BCUT2D eigenvalue weighted by molar-refractivity contribution is 6.39. The third kappa shape index (κ3) is 5.21. The molecule has 2 aromatic rings. The lowest BCUT2D eigenvalue weighted by Crippen LogP contribution is -2.32. The summed E-state index contributed by atoms with van der Waals surface area (Å²) in [5.74, 6) is -0.370. The quantitative estimate of drug-likeness (QED) is 0.460. The van der Waals surface area contributed by atoms with Crippen LogP contribution < -0.4 is 25.0 Å². The molecule has 2 aromatic carbocycles. The summed E-state index contributed by atoms with van der Waals surface area (Å²) in [6.45, 7) is 1.89. The minimum absolute atomic E-state index is 0.443. The van der Waals surface area contributed by atoms with Crippen LogP contribution in [0.5, 0.6) is 17.2 Å². The fourth-order valence-electron chi connectivity index (χ4n) is 2.30. The monoisotopic (exact) mass is 371 g/mol. The van der Waals surface area contributed by atoms with Crippen molar-refractivity contribution in [2.75, 3.05) is 26.6 Å². The van der Waals surface area contributed by atoms with E-state index in [1.54, 1.807) is 30.3 Å². The van der Waals surface area contributed by atoms with Gasteiger partial charge in [0.2, 0.25) is 5.75 Å². The van der Waals surface area contributed by atoms with E-state index in [9.17, 15) is 9.59 Å². The van der Waals surface area contributed by atoms with Gasteiger partial charge in [0.1, 0.15) is 0 Å². The van der Waals surface area contributed by atoms with Gasteiger partial charge in [0.05, 0.1) is 27.5 Å². The maximum absolute atomic E-state index is 11.9. The van der Waals surface area contributed by atoms with Gasteiger partial charge in [-0.25, -0.2) is 5.43 Å². The van der Waals surface area contributed by atoms with Gasteiger partial charge in [-0.3, -0.25) is 9.59 Å². The number of aryl methyl sites for hydroxylation is 1. The van der Waals surface area contributed by atoms with Gasteiger partial charge in [0, 0.05) is 11.3 Å². The number of methoxy groups -OCH3 is 3. The number of hydrazone groups is 1. The minimum Gasteiger partial charge on any atom is -0.493 e. The van der Waals surface area contributed by atoms with E-state index in [1.807, 2.05) is 13.0 Å². The average Bonchev–Trinajstić information content (AvgIpc) is 2.66. The maximum atomic E-state index is 11.9. The Morgan fingerprint density at radius 2 is 1.63 bits per heavy atom. The van der Waals surface area contributed by atoms with Crippen LogP contribution in [0, 0.1) is 6.92 Å². The fourth-order valence-corrected chi connectivity index (χ4v) is 2.30. The number of hydrogen-bond acceptors (Lipinski definition) is 6. The number of carbonyl (C=O) groups excluding carboxylic acids is 2. The molecule has 0 spiro atoms. The van der Waals surface area contributed by atoms with Crippen LogP contribution in [0.3, 0.4) is 0 Å². The maximum Gasteiger partial charge on any atom is 0.329 e. The van der Waals surface area contributed by atoms with Gasteiger partial charge in [0.25, 0.3) is 0 Å². The minimum atomic E-state index is -0.889. The Balaban J connectivity index is 2.03. The molecule has 0 atom stereocenters. The van der Waals surface area contributed by atoms with E-state index in [-0.39, 0.29) is 0 Å². The lowest BCUT2D eigenvalue weighted by molar-refractivity contribution is -0.136. The highest BCUT2D eigenvalue weighted by atomic mass is 16.5. The van der Waals surface area contributed by atoms with Gasteiger partial charge in [-0.1, -0.05) is 12.1 Å². The van der Waals surface area contributed by atoms with Gasteiger partial charge in [0.15, 0.2) is 11.5 Å². The largest absolute Gasteiger partial charge is 0.493 e. The molecule has 27 heavy (non-hydrogen) atoms. The zero-order chi connectivity index (χ0) is 19.8. The van der Waals surface area contributed by atoms with Crippen LogP contribution in [-0.4, -0.2) is 39.4 Å². The molecular weight excluding hydrogens is 350 g/mol. The summed E-state index contributed by atoms with van der Waals surface area (Å²) in [7, 11) is 4.49. The Kier molecular flexibility index (Phi) is 6.76. The van der Waals surface area contributed by atoms with E-state index < -0.39 is 11.8 Å². The summed E-state index contributed by atoms with van der Waals surface area (Å²) in [5.41, 5.74) is 4.26. The van der Waals surface area contributed by atoms with E-state index in [2.05, 4.69) is 15.8 Å². The lowest BCUT2D eigenvalue weighted by Gasteiger charge is -2.12. The number of nitrogens with zero attached hydrogens (tertiary/aromatic N) is 1. The van der Waals surface area contributed by atoms with E-state index in [1.165, 1.54) is 27.5 Å². The van der Waals surface area contributed by atoms with E-state index in [0.29, 0.717) is 28.5 Å². The molecular formula is C19H21N3O5. The topological polar surface area (TPSA) is 98.2 Å². The zero-order valence-electron chi connectivity index (χ0n) is 15.5. The zero-order valence-corrected chi connectivity index (χ0v) is 15.5. The molecule has 0 unspecified atom stereocenters. The second-order valence-electron chi connectivity index (χ2n) is 5.48. The molecule has 0 aliphatic carbocycles. The van der Waals surface area contributed by atoms with E-state index >= 15 is 0 Å². The number of nitrogens with one attached hydrogen (secondary N) is 2. The average molecular weight is 371 g/mol. The molecule has 0 saturated heterocycles. The molecule has 0 bridgehead atoms. The number of benzene rings is 2. The SMILES string of the molecule is COc1cc(/C=N\NC(=O)C(=O)Nc2cccc(C)c2)cc(OC)c1OC. The second-order valence-corrected chi connectivity index (χ2v) is 5.48. The molecule has 2 amide bonds. The standard InChI is InChI=1S/C19H21N3O5/c1-12-6-5-7-14(8-12)21-18(23)19(24)22-20-11-13-9-15(25-2)17(27-4)16(10-13)26-3/h5-11H,1-4H3,(H,21,23)(H,22,24)/b20-11-. The first kappa shape index (κ1) is 19.8. The van der Waals surface area contributed by atoms with Gasteiger partial charge in [-0.2, -0.15) is 5.10 Å². The van der Waals surface area contributed by atoms with Crippen LogP contribution in [0.4, 0.5) is 5.69 Å². The van der Waals surface area contributed by atoms with Crippen LogP contribution in [0.1, 0.15) is 11.1 Å². The summed E-state index contributed by atoms with van der Waals surface area (Å²) in [4.78, 5) is 23.8. The molecule has 0 radical (unpaired) electrons. The third-order valence-corrected chi connectivity index (χ3v) is 3.55. The van der Waals surface area contributed by atoms with Crippen LogP contribution in [0.15, 0.2) is 41.5 Å². The summed E-state index contributed by atoms with van der Waals surface area (Å²) in [6, 6.07) is 10.4. The molecule has 8 nitrogen and oxygen atoms in total. The Bertz CT molecular complexity index is 839. The van der Waals surface area contributed by atoms with Crippen molar-refractivity contribution in [3.05, 3.63) is 47.5 Å². The van der Waals surface area contributed by atoms with Gasteiger partial charge < -0.3 is 19.5 Å². The number of carbonyl (C=O) groups is 2. The first-order valence-corrected chi connectivity index (χ1v) is 7.99. The third-order valence-electron chi connectivity index (χ3n) is 3.55. The van der Waals surface area contributed by atoms with Crippen molar-refractivity contribution in [3.8, 4) is 17.2 Å². The molecule has 2 rings (SSSR count). The number of rotatable bonds is 6. The summed E-state index contributed by atoms with van der Waals surface area (Å²) < 4.78 is 15.7. The van der Waals surface area contributed by atoms with Gasteiger partial charge >= 0.3 is 11.8 Å². The molecule has 0 aromatic heterocycles. The normalized spacial score (nSPS) is 10.4. The fraction of sp³-hybridized carbons (Fsp3) is 0.211. The van der Waals surface area contributed by atoms with E-state index in [4.69, 9.17) is 14.2 Å². The van der Waals surface area contributed by atoms with Crippen molar-refractivity contribution >= 4 is 23.7 Å². The van der Waals surface area contributed by atoms with Gasteiger partial charge in [-0.05, 0) is 36.8 Å². The molecule has 142 valence electrons. The predicted octanol–water partition coefficient (Wildman–Crippen LogP) is 2.11. The first-order chi connectivity index (χ1) is 13.0. The smallest absolute Gasteiger partial charge is 0.329 e. The van der Waals surface area contributed by atoms with E-state index in [0.717, 1.165) is 5.56 Å². The predicted molar refractivity (Wildman–Crippen MR) is 102 cm³/mol. The first-order valence-electron chi connectivity index (χ1n) is 7.99. The van der Waals surface area contributed by atoms with Crippen molar-refractivity contribution in [1.82, 2.24) is 5.43 Å². The number of ether oxygens (including phenoxy) is 3. The number of amides is 2. The molecule has 8 heteroatoms. The lowest BCUT2D eigenvalue weighted by atomic mass is 10.2. The Labute approximate surface area is 157 Å².